The molecule has 2 aliphatic rings. The van der Waals surface area contributed by atoms with Crippen LogP contribution in [0.2, 0.25) is 0 Å². The van der Waals surface area contributed by atoms with Crippen molar-refractivity contribution in [1.82, 2.24) is 0 Å². The van der Waals surface area contributed by atoms with Crippen molar-refractivity contribution >= 4 is 11.6 Å². The van der Waals surface area contributed by atoms with Crippen molar-refractivity contribution in [3.05, 3.63) is 11.1 Å². The van der Waals surface area contributed by atoms with E-state index in [1.807, 2.05) is 0 Å². The minimum absolute atomic E-state index is 0.159. The molecule has 0 aromatic heterocycles. The van der Waals surface area contributed by atoms with Gasteiger partial charge in [0.05, 0.1) is 6.42 Å². The van der Waals surface area contributed by atoms with Gasteiger partial charge in [0.2, 0.25) is 0 Å². The molecule has 2 heteroatoms. The van der Waals surface area contributed by atoms with E-state index in [0.29, 0.717) is 12.8 Å². The molecule has 0 saturated heterocycles. The first-order chi connectivity index (χ1) is 11.3. The Balaban J connectivity index is 2.05. The van der Waals surface area contributed by atoms with E-state index >= 15 is 0 Å². The number of rotatable bonds is 0. The van der Waals surface area contributed by atoms with Gasteiger partial charge in [-0.05, 0) is 51.4 Å². The second kappa shape index (κ2) is 10.8. The van der Waals surface area contributed by atoms with Crippen molar-refractivity contribution in [2.45, 2.75) is 109 Å². The summed E-state index contributed by atoms with van der Waals surface area (Å²) in [6, 6.07) is 0. The van der Waals surface area contributed by atoms with Gasteiger partial charge in [-0.25, -0.2) is 0 Å². The molecule has 0 fully saturated rings. The average Bonchev–Trinajstić information content (AvgIpc) is 2.53. The Hall–Kier alpha value is -0.920. The first-order valence-electron chi connectivity index (χ1n) is 9.99. The average molecular weight is 319 g/mol. The second-order valence-electron chi connectivity index (χ2n) is 7.50. The van der Waals surface area contributed by atoms with Crippen molar-refractivity contribution in [1.29, 1.82) is 0 Å². The highest BCUT2D eigenvalue weighted by atomic mass is 16.1. The zero-order valence-electron chi connectivity index (χ0n) is 14.8. The van der Waals surface area contributed by atoms with E-state index in [1.54, 1.807) is 11.1 Å². The highest BCUT2D eigenvalue weighted by Gasteiger charge is 2.15. The molecule has 2 aliphatic carbocycles. The molecule has 0 N–H and O–H groups in total. The van der Waals surface area contributed by atoms with Gasteiger partial charge in [-0.2, -0.15) is 0 Å². The summed E-state index contributed by atoms with van der Waals surface area (Å²) in [5.74, 6) is 0.319. The van der Waals surface area contributed by atoms with Crippen LogP contribution in [-0.4, -0.2) is 11.6 Å². The van der Waals surface area contributed by atoms with Crippen molar-refractivity contribution in [3.8, 4) is 0 Å². The van der Waals surface area contributed by atoms with E-state index in [-0.39, 0.29) is 18.0 Å². The molecule has 0 aromatic rings. The molecule has 0 bridgehead atoms. The van der Waals surface area contributed by atoms with E-state index in [2.05, 4.69) is 0 Å². The Labute approximate surface area is 142 Å². The van der Waals surface area contributed by atoms with Crippen LogP contribution < -0.4 is 0 Å². The van der Waals surface area contributed by atoms with E-state index in [1.165, 1.54) is 64.2 Å². The zero-order valence-corrected chi connectivity index (χ0v) is 14.8. The summed E-state index contributed by atoms with van der Waals surface area (Å²) in [5.41, 5.74) is 3.29. The highest BCUT2D eigenvalue weighted by molar-refractivity contribution is 5.99. The van der Waals surface area contributed by atoms with Crippen LogP contribution in [0.1, 0.15) is 109 Å². The molecule has 0 spiro atoms. The first-order valence-corrected chi connectivity index (χ1v) is 9.99. The normalized spacial score (nSPS) is 27.3. The van der Waals surface area contributed by atoms with Crippen molar-refractivity contribution in [2.75, 3.05) is 0 Å². The number of allylic oxidation sites excluding steroid dienone is 2. The van der Waals surface area contributed by atoms with Gasteiger partial charge in [-0.3, -0.25) is 9.59 Å². The van der Waals surface area contributed by atoms with Crippen LogP contribution in [0.25, 0.3) is 0 Å². The molecule has 0 amide bonds. The lowest BCUT2D eigenvalue weighted by molar-refractivity contribution is -0.127. The van der Waals surface area contributed by atoms with Crippen LogP contribution in [-0.2, 0) is 9.59 Å². The molecule has 0 radical (unpaired) electrons. The van der Waals surface area contributed by atoms with E-state index in [4.69, 9.17) is 0 Å². The lowest BCUT2D eigenvalue weighted by Crippen LogP contribution is -2.07. The Morgan fingerprint density at radius 2 is 0.739 bits per heavy atom. The van der Waals surface area contributed by atoms with E-state index < -0.39 is 0 Å². The summed E-state index contributed by atoms with van der Waals surface area (Å²) in [7, 11) is 0. The molecule has 0 atom stereocenters. The zero-order chi connectivity index (χ0) is 16.3. The first kappa shape index (κ1) is 18.4. The van der Waals surface area contributed by atoms with Crippen LogP contribution in [0.4, 0.5) is 0 Å². The molecule has 2 rings (SSSR count). The van der Waals surface area contributed by atoms with Gasteiger partial charge in [0.15, 0.2) is 0 Å². The maximum atomic E-state index is 11.9. The molecule has 2 nitrogen and oxygen atoms in total. The number of hydrogen-bond acceptors (Lipinski definition) is 2. The molecule has 130 valence electrons. The second-order valence-corrected chi connectivity index (χ2v) is 7.50. The minimum Gasteiger partial charge on any atom is -0.299 e. The Bertz CT molecular complexity index is 382. The minimum atomic E-state index is 0.159. The van der Waals surface area contributed by atoms with Gasteiger partial charge < -0.3 is 0 Å². The number of hydrogen-bond donors (Lipinski definition) is 0. The van der Waals surface area contributed by atoms with Crippen molar-refractivity contribution in [3.63, 3.8) is 0 Å². The maximum Gasteiger partial charge on any atom is 0.140 e. The number of Topliss-reactive ketones (excluding diaryl/α,β-unsaturated/α-hetero) is 2. The van der Waals surface area contributed by atoms with Gasteiger partial charge in [-0.15, -0.1) is 0 Å². The Kier molecular flexibility index (Phi) is 8.63. The van der Waals surface area contributed by atoms with Crippen LogP contribution in [0.5, 0.6) is 0 Å². The lowest BCUT2D eigenvalue weighted by Gasteiger charge is -2.17. The van der Waals surface area contributed by atoms with Crippen LogP contribution in [0.15, 0.2) is 11.1 Å². The molecular formula is C21H34O2. The fraction of sp³-hybridized carbons (Fsp3) is 0.810. The van der Waals surface area contributed by atoms with Crippen LogP contribution >= 0.6 is 0 Å². The number of ketones is 2. The molecule has 0 aliphatic heterocycles. The Morgan fingerprint density at radius 1 is 0.391 bits per heavy atom. The van der Waals surface area contributed by atoms with Gasteiger partial charge in [0, 0.05) is 12.8 Å². The number of carbonyl (C=O) groups is 2. The largest absolute Gasteiger partial charge is 0.299 e. The van der Waals surface area contributed by atoms with Gasteiger partial charge in [0.1, 0.15) is 11.6 Å². The predicted octanol–water partition coefficient (Wildman–Crippen LogP) is 6.08. The maximum absolute atomic E-state index is 11.9. The third-order valence-electron chi connectivity index (χ3n) is 5.47. The monoisotopic (exact) mass is 318 g/mol. The molecular weight excluding hydrogens is 284 g/mol. The van der Waals surface area contributed by atoms with Crippen molar-refractivity contribution in [2.24, 2.45) is 0 Å². The SMILES string of the molecule is O=C1CCC/C2=C(/CCCCCCCCCC2)CCCC(=O)C1. The third kappa shape index (κ3) is 7.46. The standard InChI is InChI=1S/C21H34O2/c22-20-15-9-13-18-11-7-5-3-1-2-4-6-8-12-19(18)14-10-16-21(23)17-20/h1-17H2/b19-18-. The van der Waals surface area contributed by atoms with Crippen molar-refractivity contribution < 1.29 is 9.59 Å². The quantitative estimate of drug-likeness (QED) is 0.400. The number of carbonyl (C=O) groups excluding carboxylic acids is 2. The fourth-order valence-corrected chi connectivity index (χ4v) is 4.09. The smallest absolute Gasteiger partial charge is 0.140 e. The van der Waals surface area contributed by atoms with E-state index in [9.17, 15) is 9.59 Å². The lowest BCUT2D eigenvalue weighted by atomic mass is 9.89. The summed E-state index contributed by atoms with van der Waals surface area (Å²) in [6.07, 6.45) is 18.8. The van der Waals surface area contributed by atoms with Gasteiger partial charge >= 0.3 is 0 Å². The highest BCUT2D eigenvalue weighted by Crippen LogP contribution is 2.29. The third-order valence-corrected chi connectivity index (χ3v) is 5.47. The summed E-state index contributed by atoms with van der Waals surface area (Å²) in [4.78, 5) is 23.7. The van der Waals surface area contributed by atoms with Crippen LogP contribution in [0.3, 0.4) is 0 Å². The Morgan fingerprint density at radius 3 is 1.17 bits per heavy atom. The summed E-state index contributed by atoms with van der Waals surface area (Å²) in [6.45, 7) is 0. The molecule has 0 saturated carbocycles. The van der Waals surface area contributed by atoms with Gasteiger partial charge in [0.25, 0.3) is 0 Å². The molecule has 0 aromatic carbocycles. The summed E-state index contributed by atoms with van der Waals surface area (Å²) < 4.78 is 0. The molecule has 23 heavy (non-hydrogen) atoms. The fourth-order valence-electron chi connectivity index (χ4n) is 4.09. The molecule has 0 heterocycles. The van der Waals surface area contributed by atoms with E-state index in [0.717, 1.165) is 25.7 Å². The molecule has 0 unspecified atom stereocenters. The topological polar surface area (TPSA) is 34.1 Å². The predicted molar refractivity (Wildman–Crippen MR) is 95.5 cm³/mol. The van der Waals surface area contributed by atoms with Gasteiger partial charge in [-0.1, -0.05) is 49.7 Å². The summed E-state index contributed by atoms with van der Waals surface area (Å²) in [5, 5.41) is 0. The summed E-state index contributed by atoms with van der Waals surface area (Å²) >= 11 is 0. The van der Waals surface area contributed by atoms with Crippen LogP contribution in [0, 0.1) is 0 Å².